The van der Waals surface area contributed by atoms with Crippen LogP contribution in [0, 0.1) is 16.7 Å². The maximum atomic E-state index is 12.5. The summed E-state index contributed by atoms with van der Waals surface area (Å²) in [5, 5.41) is 13.4. The van der Waals surface area contributed by atoms with Gasteiger partial charge in [0.2, 0.25) is 5.91 Å². The van der Waals surface area contributed by atoms with E-state index in [0.717, 1.165) is 6.42 Å². The number of anilines is 1. The standard InChI is InChI=1S/C18H23Cl2NO3/c1-11-7-17(2,3)10-18(8-11,16(23)24)9-15(22)21-14-5-12(19)4-13(20)6-14/h4-6,11H,7-10H2,1-3H3,(H,21,22)(H,23,24)/t11-,18-/m1/s1. The number of aliphatic carboxylic acids is 1. The van der Waals surface area contributed by atoms with Crippen molar-refractivity contribution in [3.05, 3.63) is 28.2 Å². The van der Waals surface area contributed by atoms with Gasteiger partial charge in [-0.15, -0.1) is 0 Å². The third kappa shape index (κ3) is 4.64. The minimum absolute atomic E-state index is 0.0553. The van der Waals surface area contributed by atoms with Gasteiger partial charge in [-0.05, 0) is 48.8 Å². The molecule has 1 saturated carbocycles. The van der Waals surface area contributed by atoms with Crippen LogP contribution in [0.2, 0.25) is 10.0 Å². The van der Waals surface area contributed by atoms with Crippen LogP contribution >= 0.6 is 23.2 Å². The Morgan fingerprint density at radius 1 is 1.21 bits per heavy atom. The van der Waals surface area contributed by atoms with Crippen LogP contribution < -0.4 is 5.32 Å². The number of halogens is 2. The van der Waals surface area contributed by atoms with Crippen molar-refractivity contribution in [2.75, 3.05) is 5.32 Å². The number of carbonyl (C=O) groups is 2. The molecule has 132 valence electrons. The second kappa shape index (κ2) is 6.93. The van der Waals surface area contributed by atoms with Crippen molar-refractivity contribution in [2.24, 2.45) is 16.7 Å². The number of rotatable bonds is 4. The number of carbonyl (C=O) groups excluding carboxylic acids is 1. The van der Waals surface area contributed by atoms with Crippen LogP contribution in [0.3, 0.4) is 0 Å². The molecule has 4 nitrogen and oxygen atoms in total. The largest absolute Gasteiger partial charge is 0.481 e. The van der Waals surface area contributed by atoms with Crippen molar-refractivity contribution in [2.45, 2.75) is 46.5 Å². The molecule has 2 rings (SSSR count). The van der Waals surface area contributed by atoms with E-state index in [4.69, 9.17) is 23.2 Å². The van der Waals surface area contributed by atoms with Crippen LogP contribution in [0.25, 0.3) is 0 Å². The molecular weight excluding hydrogens is 349 g/mol. The van der Waals surface area contributed by atoms with Gasteiger partial charge >= 0.3 is 5.97 Å². The summed E-state index contributed by atoms with van der Waals surface area (Å²) in [5.74, 6) is -0.972. The highest BCUT2D eigenvalue weighted by atomic mass is 35.5. The minimum atomic E-state index is -1.03. The Balaban J connectivity index is 2.18. The molecule has 0 radical (unpaired) electrons. The molecule has 0 spiro atoms. The molecule has 24 heavy (non-hydrogen) atoms. The first-order valence-corrected chi connectivity index (χ1v) is 8.76. The maximum Gasteiger partial charge on any atom is 0.310 e. The van der Waals surface area contributed by atoms with Gasteiger partial charge in [0.1, 0.15) is 0 Å². The molecule has 1 amide bonds. The van der Waals surface area contributed by atoms with E-state index in [2.05, 4.69) is 19.2 Å². The monoisotopic (exact) mass is 371 g/mol. The predicted octanol–water partition coefficient (Wildman–Crippen LogP) is 5.24. The van der Waals surface area contributed by atoms with E-state index in [1.54, 1.807) is 18.2 Å². The molecule has 0 heterocycles. The molecule has 2 N–H and O–H groups in total. The second-order valence-corrected chi connectivity index (χ2v) is 8.70. The van der Waals surface area contributed by atoms with Crippen molar-refractivity contribution >= 4 is 40.8 Å². The zero-order valence-corrected chi connectivity index (χ0v) is 15.7. The second-order valence-electron chi connectivity index (χ2n) is 7.82. The molecule has 6 heteroatoms. The fraction of sp³-hybridized carbons (Fsp3) is 0.556. The van der Waals surface area contributed by atoms with E-state index < -0.39 is 11.4 Å². The number of carboxylic acid groups (broad SMARTS) is 1. The lowest BCUT2D eigenvalue weighted by Gasteiger charge is -2.44. The average molecular weight is 372 g/mol. The molecule has 0 aliphatic heterocycles. The number of carboxylic acids is 1. The number of benzene rings is 1. The molecule has 1 aromatic rings. The van der Waals surface area contributed by atoms with E-state index >= 15 is 0 Å². The number of hydrogen-bond acceptors (Lipinski definition) is 2. The quantitative estimate of drug-likeness (QED) is 0.760. The Bertz CT molecular complexity index is 639. The van der Waals surface area contributed by atoms with Crippen molar-refractivity contribution in [1.82, 2.24) is 0 Å². The Labute approximate surface area is 152 Å². The number of amides is 1. The van der Waals surface area contributed by atoms with Crippen LogP contribution in [0.1, 0.15) is 46.5 Å². The van der Waals surface area contributed by atoms with Crippen LogP contribution in [-0.2, 0) is 9.59 Å². The average Bonchev–Trinajstić information content (AvgIpc) is 2.33. The Kier molecular flexibility index (Phi) is 5.50. The molecule has 1 fully saturated rings. The van der Waals surface area contributed by atoms with Crippen molar-refractivity contribution in [3.8, 4) is 0 Å². The highest BCUT2D eigenvalue weighted by molar-refractivity contribution is 6.35. The first-order valence-electron chi connectivity index (χ1n) is 8.01. The van der Waals surface area contributed by atoms with E-state index in [9.17, 15) is 14.7 Å². The Morgan fingerprint density at radius 3 is 2.29 bits per heavy atom. The van der Waals surface area contributed by atoms with Crippen LogP contribution in [0.5, 0.6) is 0 Å². The smallest absolute Gasteiger partial charge is 0.310 e. The van der Waals surface area contributed by atoms with E-state index in [1.807, 2.05) is 6.92 Å². The van der Waals surface area contributed by atoms with Gasteiger partial charge in [-0.2, -0.15) is 0 Å². The van der Waals surface area contributed by atoms with E-state index in [-0.39, 0.29) is 23.7 Å². The van der Waals surface area contributed by atoms with Crippen LogP contribution in [0.4, 0.5) is 5.69 Å². The number of nitrogens with one attached hydrogen (secondary N) is 1. The number of hydrogen-bond donors (Lipinski definition) is 2. The highest BCUT2D eigenvalue weighted by Crippen LogP contribution is 2.50. The first-order chi connectivity index (χ1) is 11.0. The van der Waals surface area contributed by atoms with Crippen molar-refractivity contribution < 1.29 is 14.7 Å². The fourth-order valence-corrected chi connectivity index (χ4v) is 4.78. The van der Waals surface area contributed by atoms with E-state index in [1.165, 1.54) is 0 Å². The Hall–Kier alpha value is -1.26. The minimum Gasteiger partial charge on any atom is -0.481 e. The third-order valence-electron chi connectivity index (χ3n) is 4.56. The predicted molar refractivity (Wildman–Crippen MR) is 96.6 cm³/mol. The zero-order chi connectivity index (χ0) is 18.1. The third-order valence-corrected chi connectivity index (χ3v) is 4.99. The lowest BCUT2D eigenvalue weighted by molar-refractivity contribution is -0.157. The molecule has 0 saturated heterocycles. The molecule has 1 aliphatic rings. The summed E-state index contributed by atoms with van der Waals surface area (Å²) in [6.45, 7) is 6.18. The fourth-order valence-electron chi connectivity index (χ4n) is 4.25. The zero-order valence-electron chi connectivity index (χ0n) is 14.2. The molecule has 1 aliphatic carbocycles. The first kappa shape index (κ1) is 19.1. The molecule has 2 atom stereocenters. The van der Waals surface area contributed by atoms with Gasteiger partial charge in [-0.3, -0.25) is 9.59 Å². The lowest BCUT2D eigenvalue weighted by Crippen LogP contribution is -2.44. The molecule has 0 unspecified atom stereocenters. The van der Waals surface area contributed by atoms with Gasteiger partial charge in [-0.1, -0.05) is 44.0 Å². The van der Waals surface area contributed by atoms with Gasteiger partial charge in [0, 0.05) is 22.2 Å². The summed E-state index contributed by atoms with van der Waals surface area (Å²) in [6, 6.07) is 4.75. The summed E-state index contributed by atoms with van der Waals surface area (Å²) >= 11 is 11.9. The highest BCUT2D eigenvalue weighted by Gasteiger charge is 2.49. The molecule has 1 aromatic carbocycles. The lowest BCUT2D eigenvalue weighted by atomic mass is 9.59. The van der Waals surface area contributed by atoms with Gasteiger partial charge in [0.15, 0.2) is 0 Å². The van der Waals surface area contributed by atoms with Gasteiger partial charge < -0.3 is 10.4 Å². The summed E-state index contributed by atoms with van der Waals surface area (Å²) in [7, 11) is 0. The van der Waals surface area contributed by atoms with Gasteiger partial charge in [-0.25, -0.2) is 0 Å². The van der Waals surface area contributed by atoms with Crippen LogP contribution in [-0.4, -0.2) is 17.0 Å². The molecule has 0 bridgehead atoms. The summed E-state index contributed by atoms with van der Waals surface area (Å²) < 4.78 is 0. The maximum absolute atomic E-state index is 12.5. The van der Waals surface area contributed by atoms with Crippen LogP contribution in [0.15, 0.2) is 18.2 Å². The molecular formula is C18H23Cl2NO3. The summed E-state index contributed by atoms with van der Waals surface area (Å²) in [4.78, 5) is 24.5. The van der Waals surface area contributed by atoms with Gasteiger partial charge in [0.25, 0.3) is 0 Å². The Morgan fingerprint density at radius 2 is 1.79 bits per heavy atom. The van der Waals surface area contributed by atoms with Crippen molar-refractivity contribution in [3.63, 3.8) is 0 Å². The van der Waals surface area contributed by atoms with Gasteiger partial charge in [0.05, 0.1) is 5.41 Å². The summed E-state index contributed by atoms with van der Waals surface area (Å²) in [5.41, 5.74) is -0.662. The normalized spacial score (nSPS) is 26.0. The van der Waals surface area contributed by atoms with E-state index in [0.29, 0.717) is 28.6 Å². The summed E-state index contributed by atoms with van der Waals surface area (Å²) in [6.07, 6.45) is 1.91. The van der Waals surface area contributed by atoms with Crippen molar-refractivity contribution in [1.29, 1.82) is 0 Å². The topological polar surface area (TPSA) is 66.4 Å². The SMILES string of the molecule is C[C@@H]1CC(C)(C)C[C@@](CC(=O)Nc2cc(Cl)cc(Cl)c2)(C(=O)O)C1. The molecule has 0 aromatic heterocycles.